The third-order valence-electron chi connectivity index (χ3n) is 5.67. The highest BCUT2D eigenvalue weighted by atomic mass is 19.1. The third-order valence-corrected chi connectivity index (χ3v) is 5.67. The Morgan fingerprint density at radius 3 is 2.93 bits per heavy atom. The number of aromatic nitrogens is 1. The molecule has 4 nitrogen and oxygen atoms in total. The zero-order valence-corrected chi connectivity index (χ0v) is 16.5. The molecule has 1 fully saturated rings. The number of nitrogens with two attached hydrogens (primary N) is 1. The highest BCUT2D eigenvalue weighted by molar-refractivity contribution is 5.98. The van der Waals surface area contributed by atoms with Crippen molar-refractivity contribution in [3.63, 3.8) is 0 Å². The van der Waals surface area contributed by atoms with Gasteiger partial charge in [-0.25, -0.2) is 9.37 Å². The number of halogens is 1. The van der Waals surface area contributed by atoms with Gasteiger partial charge < -0.3 is 16.0 Å². The minimum absolute atomic E-state index is 0.206. The molecule has 0 aliphatic carbocycles. The van der Waals surface area contributed by atoms with Crippen molar-refractivity contribution in [1.82, 2.24) is 9.88 Å². The molecule has 3 aromatic rings. The van der Waals surface area contributed by atoms with Gasteiger partial charge in [-0.05, 0) is 74.7 Å². The van der Waals surface area contributed by atoms with Crippen LogP contribution in [0, 0.1) is 18.7 Å². The molecular formula is C23H27FN4. The molecule has 1 saturated heterocycles. The first-order valence-corrected chi connectivity index (χ1v) is 9.88. The number of aryl methyl sites for hydroxylation is 1. The van der Waals surface area contributed by atoms with Crippen LogP contribution in [0.3, 0.4) is 0 Å². The van der Waals surface area contributed by atoms with E-state index in [2.05, 4.69) is 22.2 Å². The number of benzene rings is 2. The van der Waals surface area contributed by atoms with Crippen LogP contribution in [0.5, 0.6) is 0 Å². The van der Waals surface area contributed by atoms with E-state index in [4.69, 9.17) is 5.73 Å². The smallest absolute Gasteiger partial charge is 0.131 e. The number of nitrogens with zero attached hydrogens (tertiary/aromatic N) is 2. The van der Waals surface area contributed by atoms with E-state index in [0.29, 0.717) is 17.3 Å². The number of anilines is 2. The van der Waals surface area contributed by atoms with Gasteiger partial charge in [0.25, 0.3) is 0 Å². The van der Waals surface area contributed by atoms with Gasteiger partial charge in [0.15, 0.2) is 0 Å². The average Bonchev–Trinajstić information content (AvgIpc) is 2.66. The molecule has 1 aliphatic rings. The second kappa shape index (κ2) is 7.76. The van der Waals surface area contributed by atoms with Crippen LogP contribution in [0.1, 0.15) is 18.4 Å². The molecule has 1 aromatic heterocycles. The summed E-state index contributed by atoms with van der Waals surface area (Å²) in [5.74, 6) is 0.886. The molecular weight excluding hydrogens is 351 g/mol. The molecule has 3 N–H and O–H groups in total. The van der Waals surface area contributed by atoms with Gasteiger partial charge in [-0.2, -0.15) is 0 Å². The number of fused-ring (bicyclic) bond motifs is 1. The molecule has 1 atom stereocenters. The van der Waals surface area contributed by atoms with E-state index in [9.17, 15) is 4.39 Å². The number of rotatable bonds is 4. The molecule has 0 spiro atoms. The van der Waals surface area contributed by atoms with E-state index in [1.165, 1.54) is 25.5 Å². The maximum absolute atomic E-state index is 14.6. The van der Waals surface area contributed by atoms with Gasteiger partial charge in [-0.3, -0.25) is 0 Å². The third kappa shape index (κ3) is 3.80. The Hall–Kier alpha value is -2.66. The summed E-state index contributed by atoms with van der Waals surface area (Å²) in [5, 5.41) is 5.60. The van der Waals surface area contributed by atoms with Crippen molar-refractivity contribution in [3.05, 3.63) is 54.0 Å². The molecule has 5 heteroatoms. The summed E-state index contributed by atoms with van der Waals surface area (Å²) in [6.45, 7) is 5.10. The number of hydrogen-bond donors (Lipinski definition) is 2. The summed E-state index contributed by atoms with van der Waals surface area (Å²) in [6, 6.07) is 11.1. The fraction of sp³-hybridized carbons (Fsp3) is 0.348. The molecule has 0 unspecified atom stereocenters. The van der Waals surface area contributed by atoms with Crippen molar-refractivity contribution in [2.45, 2.75) is 19.8 Å². The van der Waals surface area contributed by atoms with E-state index in [-0.39, 0.29) is 5.82 Å². The summed E-state index contributed by atoms with van der Waals surface area (Å²) in [6.07, 6.45) is 4.23. The fourth-order valence-corrected chi connectivity index (χ4v) is 4.26. The van der Waals surface area contributed by atoms with Gasteiger partial charge in [0.1, 0.15) is 11.6 Å². The number of pyridine rings is 1. The maximum atomic E-state index is 14.6. The summed E-state index contributed by atoms with van der Waals surface area (Å²) in [5.41, 5.74) is 9.34. The molecule has 0 amide bonds. The number of nitrogens with one attached hydrogen (secondary N) is 1. The molecule has 0 saturated carbocycles. The first-order chi connectivity index (χ1) is 13.5. The summed E-state index contributed by atoms with van der Waals surface area (Å²) in [7, 11) is 2.18. The SMILES string of the molecule is Cc1cccc(F)c1-c1cc(NC[C@@H]2CCCN(C)C2)c2cc(N)ncc2c1. The van der Waals surface area contributed by atoms with Crippen LogP contribution >= 0.6 is 0 Å². The average molecular weight is 378 g/mol. The molecule has 1 aliphatic heterocycles. The lowest BCUT2D eigenvalue weighted by Crippen LogP contribution is -2.35. The van der Waals surface area contributed by atoms with Gasteiger partial charge in [0, 0.05) is 41.3 Å². The van der Waals surface area contributed by atoms with Crippen molar-refractivity contribution in [2.24, 2.45) is 5.92 Å². The van der Waals surface area contributed by atoms with Crippen molar-refractivity contribution in [3.8, 4) is 11.1 Å². The zero-order chi connectivity index (χ0) is 19.7. The van der Waals surface area contributed by atoms with Crippen molar-refractivity contribution >= 4 is 22.3 Å². The fourth-order valence-electron chi connectivity index (χ4n) is 4.26. The van der Waals surface area contributed by atoms with Crippen LogP contribution in [0.25, 0.3) is 21.9 Å². The summed E-state index contributed by atoms with van der Waals surface area (Å²) >= 11 is 0. The van der Waals surface area contributed by atoms with Crippen molar-refractivity contribution < 1.29 is 4.39 Å². The Balaban J connectivity index is 1.74. The van der Waals surface area contributed by atoms with Crippen molar-refractivity contribution in [1.29, 1.82) is 0 Å². The minimum Gasteiger partial charge on any atom is -0.384 e. The van der Waals surface area contributed by atoms with Crippen LogP contribution in [-0.4, -0.2) is 36.6 Å². The Bertz CT molecular complexity index is 981. The van der Waals surface area contributed by atoms with Gasteiger partial charge in [0.05, 0.1) is 0 Å². The van der Waals surface area contributed by atoms with Crippen molar-refractivity contribution in [2.75, 3.05) is 37.7 Å². The topological polar surface area (TPSA) is 54.2 Å². The Kier molecular flexibility index (Phi) is 5.18. The molecule has 4 rings (SSSR count). The molecule has 2 aromatic carbocycles. The number of nitrogen functional groups attached to an aromatic ring is 1. The molecule has 0 radical (unpaired) electrons. The van der Waals surface area contributed by atoms with Crippen LogP contribution in [0.15, 0.2) is 42.6 Å². The molecule has 2 heterocycles. The number of piperidine rings is 1. The predicted octanol–water partition coefficient (Wildman–Crippen LogP) is 4.69. The quantitative estimate of drug-likeness (QED) is 0.692. The highest BCUT2D eigenvalue weighted by Crippen LogP contribution is 2.34. The van der Waals surface area contributed by atoms with E-state index in [0.717, 1.165) is 40.7 Å². The lowest BCUT2D eigenvalue weighted by Gasteiger charge is -2.30. The summed E-state index contributed by atoms with van der Waals surface area (Å²) < 4.78 is 14.6. The Morgan fingerprint density at radius 2 is 2.14 bits per heavy atom. The largest absolute Gasteiger partial charge is 0.384 e. The first-order valence-electron chi connectivity index (χ1n) is 9.88. The van der Waals surface area contributed by atoms with Crippen LogP contribution in [0.4, 0.5) is 15.9 Å². The lowest BCUT2D eigenvalue weighted by atomic mass is 9.95. The van der Waals surface area contributed by atoms with Crippen LogP contribution in [0.2, 0.25) is 0 Å². The standard InChI is InChI=1S/C23H27FN4/c1-15-5-3-7-20(24)23(15)17-9-18-13-27-22(25)11-19(18)21(10-17)26-12-16-6-4-8-28(2)14-16/h3,5,7,9-11,13,16,26H,4,6,8,12,14H2,1-2H3,(H2,25,27)/t16-/m0/s1. The van der Waals surface area contributed by atoms with E-state index < -0.39 is 0 Å². The second-order valence-corrected chi connectivity index (χ2v) is 7.94. The Morgan fingerprint density at radius 1 is 1.29 bits per heavy atom. The van der Waals surface area contributed by atoms with Gasteiger partial charge in [-0.15, -0.1) is 0 Å². The highest BCUT2D eigenvalue weighted by Gasteiger charge is 2.18. The first kappa shape index (κ1) is 18.7. The summed E-state index contributed by atoms with van der Waals surface area (Å²) in [4.78, 5) is 6.62. The lowest BCUT2D eigenvalue weighted by molar-refractivity contribution is 0.217. The van der Waals surface area contributed by atoms with Crippen LogP contribution < -0.4 is 11.1 Å². The number of likely N-dealkylation sites (tertiary alicyclic amines) is 1. The van der Waals surface area contributed by atoms with E-state index >= 15 is 0 Å². The van der Waals surface area contributed by atoms with E-state index in [1.54, 1.807) is 12.3 Å². The van der Waals surface area contributed by atoms with E-state index in [1.807, 2.05) is 31.2 Å². The molecule has 146 valence electrons. The zero-order valence-electron chi connectivity index (χ0n) is 16.5. The number of hydrogen-bond acceptors (Lipinski definition) is 4. The monoisotopic (exact) mass is 378 g/mol. The normalized spacial score (nSPS) is 17.8. The second-order valence-electron chi connectivity index (χ2n) is 7.94. The molecule has 0 bridgehead atoms. The van der Waals surface area contributed by atoms with Gasteiger partial charge in [-0.1, -0.05) is 12.1 Å². The van der Waals surface area contributed by atoms with Gasteiger partial charge in [0.2, 0.25) is 0 Å². The maximum Gasteiger partial charge on any atom is 0.131 e. The minimum atomic E-state index is -0.206. The Labute approximate surface area is 165 Å². The van der Waals surface area contributed by atoms with Gasteiger partial charge >= 0.3 is 0 Å². The van der Waals surface area contributed by atoms with Crippen LogP contribution in [-0.2, 0) is 0 Å². The predicted molar refractivity (Wildman–Crippen MR) is 115 cm³/mol. The molecule has 28 heavy (non-hydrogen) atoms.